The third-order valence-electron chi connectivity index (χ3n) is 3.11. The smallest absolute Gasteiger partial charge is 0.302 e. The molecule has 0 bridgehead atoms. The Labute approximate surface area is 135 Å². The molecule has 0 aliphatic rings. The Morgan fingerprint density at radius 1 is 1.04 bits per heavy atom. The zero-order chi connectivity index (χ0) is 17.2. The maximum Gasteiger partial charge on any atom is 0.302 e. The molecule has 23 heavy (non-hydrogen) atoms. The van der Waals surface area contributed by atoms with Crippen molar-refractivity contribution in [2.45, 2.75) is 20.8 Å². The van der Waals surface area contributed by atoms with E-state index in [0.29, 0.717) is 18.7 Å². The van der Waals surface area contributed by atoms with Crippen molar-refractivity contribution >= 4 is 17.8 Å². The van der Waals surface area contributed by atoms with Crippen molar-refractivity contribution in [2.75, 3.05) is 26.3 Å². The van der Waals surface area contributed by atoms with Gasteiger partial charge in [0.25, 0.3) is 11.8 Å². The van der Waals surface area contributed by atoms with Gasteiger partial charge in [-0.2, -0.15) is 0 Å². The second kappa shape index (κ2) is 9.58. The maximum atomic E-state index is 12.4. The number of nitrogens with one attached hydrogen (secondary N) is 1. The number of carbonyl (C=O) groups excluding carboxylic acids is 3. The molecule has 0 unspecified atom stereocenters. The predicted molar refractivity (Wildman–Crippen MR) is 83.7 cm³/mol. The van der Waals surface area contributed by atoms with Gasteiger partial charge in [-0.25, -0.2) is 5.48 Å². The lowest BCUT2D eigenvalue weighted by atomic mass is 10.1. The molecular weight excluding hydrogens is 300 g/mol. The highest BCUT2D eigenvalue weighted by Gasteiger charge is 2.20. The van der Waals surface area contributed by atoms with Crippen molar-refractivity contribution < 1.29 is 24.0 Å². The molecule has 126 valence electrons. The number of hydrogen-bond acceptors (Lipinski definition) is 5. The van der Waals surface area contributed by atoms with Crippen LogP contribution in [0.1, 0.15) is 41.5 Å². The standard InChI is InChI=1S/C16H22N2O5/c1-4-18(5-2)16(21)14-9-7-6-8-13(14)15(20)17-23-11-10-22-12(3)19/h6-9H,4-5,10-11H2,1-3H3,(H,17,20). The van der Waals surface area contributed by atoms with E-state index < -0.39 is 11.9 Å². The zero-order valence-corrected chi connectivity index (χ0v) is 13.6. The summed E-state index contributed by atoms with van der Waals surface area (Å²) in [7, 11) is 0. The van der Waals surface area contributed by atoms with Crippen molar-refractivity contribution in [1.82, 2.24) is 10.4 Å². The van der Waals surface area contributed by atoms with E-state index in [1.165, 1.54) is 6.92 Å². The van der Waals surface area contributed by atoms with E-state index in [9.17, 15) is 14.4 Å². The second-order valence-electron chi connectivity index (χ2n) is 4.64. The van der Waals surface area contributed by atoms with Gasteiger partial charge in [-0.1, -0.05) is 12.1 Å². The average Bonchev–Trinajstić information content (AvgIpc) is 2.55. The van der Waals surface area contributed by atoms with Crippen LogP contribution < -0.4 is 5.48 Å². The fourth-order valence-electron chi connectivity index (χ4n) is 1.95. The molecule has 0 aromatic heterocycles. The number of rotatable bonds is 8. The molecule has 7 nitrogen and oxygen atoms in total. The molecule has 0 spiro atoms. The number of nitrogens with zero attached hydrogens (tertiary/aromatic N) is 1. The Balaban J connectivity index is 2.70. The number of amides is 2. The van der Waals surface area contributed by atoms with Gasteiger partial charge in [-0.3, -0.25) is 19.2 Å². The third-order valence-corrected chi connectivity index (χ3v) is 3.11. The average molecular weight is 322 g/mol. The molecule has 0 radical (unpaired) electrons. The van der Waals surface area contributed by atoms with Crippen LogP contribution in [0.2, 0.25) is 0 Å². The molecular formula is C16H22N2O5. The molecule has 7 heteroatoms. The van der Waals surface area contributed by atoms with E-state index in [2.05, 4.69) is 10.2 Å². The van der Waals surface area contributed by atoms with E-state index in [1.807, 2.05) is 13.8 Å². The zero-order valence-electron chi connectivity index (χ0n) is 13.6. The van der Waals surface area contributed by atoms with Crippen LogP contribution in [0.5, 0.6) is 0 Å². The van der Waals surface area contributed by atoms with Crippen LogP contribution in [0.15, 0.2) is 24.3 Å². The highest BCUT2D eigenvalue weighted by atomic mass is 16.7. The number of benzene rings is 1. The molecule has 0 saturated heterocycles. The topological polar surface area (TPSA) is 84.9 Å². The van der Waals surface area contributed by atoms with Crippen molar-refractivity contribution in [3.63, 3.8) is 0 Å². The summed E-state index contributed by atoms with van der Waals surface area (Å²) in [6.45, 7) is 6.22. The quantitative estimate of drug-likeness (QED) is 0.444. The van der Waals surface area contributed by atoms with Gasteiger partial charge in [-0.05, 0) is 26.0 Å². The van der Waals surface area contributed by atoms with E-state index in [4.69, 9.17) is 4.84 Å². The molecule has 1 N–H and O–H groups in total. The van der Waals surface area contributed by atoms with Gasteiger partial charge >= 0.3 is 5.97 Å². The first-order valence-electron chi connectivity index (χ1n) is 7.45. The van der Waals surface area contributed by atoms with E-state index >= 15 is 0 Å². The van der Waals surface area contributed by atoms with Gasteiger partial charge in [0.05, 0.1) is 11.1 Å². The van der Waals surface area contributed by atoms with Crippen molar-refractivity contribution in [1.29, 1.82) is 0 Å². The minimum absolute atomic E-state index is 0.0253. The Kier molecular flexibility index (Phi) is 7.76. The molecule has 0 saturated carbocycles. The van der Waals surface area contributed by atoms with Crippen LogP contribution in [0, 0.1) is 0 Å². The van der Waals surface area contributed by atoms with Gasteiger partial charge < -0.3 is 9.64 Å². The van der Waals surface area contributed by atoms with E-state index in [0.717, 1.165) is 0 Å². The van der Waals surface area contributed by atoms with Gasteiger partial charge in [-0.15, -0.1) is 0 Å². The first-order chi connectivity index (χ1) is 11.0. The lowest BCUT2D eigenvalue weighted by Crippen LogP contribution is -2.33. The Bertz CT molecular complexity index is 555. The van der Waals surface area contributed by atoms with Crippen LogP contribution in [-0.4, -0.2) is 49.0 Å². The second-order valence-corrected chi connectivity index (χ2v) is 4.64. The van der Waals surface area contributed by atoms with Crippen LogP contribution >= 0.6 is 0 Å². The van der Waals surface area contributed by atoms with Crippen molar-refractivity contribution in [3.05, 3.63) is 35.4 Å². The lowest BCUT2D eigenvalue weighted by Gasteiger charge is -2.20. The van der Waals surface area contributed by atoms with E-state index in [1.54, 1.807) is 29.2 Å². The molecule has 1 aromatic rings. The minimum atomic E-state index is -0.524. The molecule has 0 aliphatic carbocycles. The maximum absolute atomic E-state index is 12.4. The number of carbonyl (C=O) groups is 3. The molecule has 0 atom stereocenters. The highest BCUT2D eigenvalue weighted by Crippen LogP contribution is 2.12. The summed E-state index contributed by atoms with van der Waals surface area (Å²) in [5, 5.41) is 0. The summed E-state index contributed by atoms with van der Waals surface area (Å²) in [6.07, 6.45) is 0. The van der Waals surface area contributed by atoms with Gasteiger partial charge in [0.2, 0.25) is 0 Å². The summed E-state index contributed by atoms with van der Waals surface area (Å²) in [5.41, 5.74) is 2.79. The summed E-state index contributed by atoms with van der Waals surface area (Å²) in [5.74, 6) is -1.15. The fourth-order valence-corrected chi connectivity index (χ4v) is 1.95. The Morgan fingerprint density at radius 3 is 2.22 bits per heavy atom. The third kappa shape index (κ3) is 5.71. The molecule has 0 fully saturated rings. The minimum Gasteiger partial charge on any atom is -0.463 e. The molecule has 1 aromatic carbocycles. The van der Waals surface area contributed by atoms with Gasteiger partial charge in [0.1, 0.15) is 13.2 Å². The van der Waals surface area contributed by atoms with Crippen molar-refractivity contribution in [3.8, 4) is 0 Å². The van der Waals surface area contributed by atoms with Crippen LogP contribution in [0.25, 0.3) is 0 Å². The normalized spacial score (nSPS) is 10.0. The largest absolute Gasteiger partial charge is 0.463 e. The number of hydroxylamine groups is 1. The molecule has 1 rings (SSSR count). The Morgan fingerprint density at radius 2 is 1.65 bits per heavy atom. The fraction of sp³-hybridized carbons (Fsp3) is 0.438. The van der Waals surface area contributed by atoms with Gasteiger partial charge in [0, 0.05) is 20.0 Å². The first-order valence-corrected chi connectivity index (χ1v) is 7.45. The van der Waals surface area contributed by atoms with Crippen LogP contribution in [-0.2, 0) is 14.4 Å². The Hall–Kier alpha value is -2.41. The first kappa shape index (κ1) is 18.6. The lowest BCUT2D eigenvalue weighted by molar-refractivity contribution is -0.143. The molecule has 0 aliphatic heterocycles. The summed E-state index contributed by atoms with van der Waals surface area (Å²) in [4.78, 5) is 41.8. The molecule has 0 heterocycles. The monoisotopic (exact) mass is 322 g/mol. The predicted octanol–water partition coefficient (Wildman–Crippen LogP) is 1.39. The van der Waals surface area contributed by atoms with Crippen LogP contribution in [0.3, 0.4) is 0 Å². The highest BCUT2D eigenvalue weighted by molar-refractivity contribution is 6.06. The number of esters is 1. The SMILES string of the molecule is CCN(CC)C(=O)c1ccccc1C(=O)NOCCOC(C)=O. The van der Waals surface area contributed by atoms with E-state index in [-0.39, 0.29) is 24.7 Å². The van der Waals surface area contributed by atoms with Gasteiger partial charge in [0.15, 0.2) is 0 Å². The van der Waals surface area contributed by atoms with Crippen LogP contribution in [0.4, 0.5) is 0 Å². The number of ether oxygens (including phenoxy) is 1. The number of hydrogen-bond donors (Lipinski definition) is 1. The van der Waals surface area contributed by atoms with Crippen molar-refractivity contribution in [2.24, 2.45) is 0 Å². The summed E-state index contributed by atoms with van der Waals surface area (Å²) >= 11 is 0. The summed E-state index contributed by atoms with van der Waals surface area (Å²) < 4.78 is 4.68. The summed E-state index contributed by atoms with van der Waals surface area (Å²) in [6, 6.07) is 6.54. The molecule has 2 amide bonds.